The fourth-order valence-corrected chi connectivity index (χ4v) is 1.81. The highest BCUT2D eigenvalue weighted by atomic mass is 16.3. The van der Waals surface area contributed by atoms with E-state index >= 15 is 0 Å². The average molecular weight is 213 g/mol. The van der Waals surface area contributed by atoms with Crippen LogP contribution in [0.1, 0.15) is 16.8 Å². The maximum atomic E-state index is 9.13. The highest BCUT2D eigenvalue weighted by molar-refractivity contribution is 5.69. The number of benzene rings is 1. The van der Waals surface area contributed by atoms with E-state index in [1.54, 1.807) is 6.20 Å². The molecule has 0 bridgehead atoms. The highest BCUT2D eigenvalue weighted by Crippen LogP contribution is 2.26. The van der Waals surface area contributed by atoms with E-state index in [2.05, 4.69) is 24.0 Å². The summed E-state index contributed by atoms with van der Waals surface area (Å²) < 4.78 is 0. The van der Waals surface area contributed by atoms with Crippen LogP contribution >= 0.6 is 0 Å². The zero-order valence-electron chi connectivity index (χ0n) is 9.57. The van der Waals surface area contributed by atoms with Crippen LogP contribution < -0.4 is 0 Å². The summed E-state index contributed by atoms with van der Waals surface area (Å²) in [7, 11) is 0. The number of hydrogen-bond donors (Lipinski definition) is 1. The number of rotatable bonds is 2. The lowest BCUT2D eigenvalue weighted by Crippen LogP contribution is -1.93. The molecule has 0 fully saturated rings. The maximum absolute atomic E-state index is 9.13. The van der Waals surface area contributed by atoms with Crippen molar-refractivity contribution in [1.82, 2.24) is 4.98 Å². The summed E-state index contributed by atoms with van der Waals surface area (Å²) in [6.45, 7) is 4.11. The number of aliphatic hydroxyl groups excluding tert-OH is 1. The van der Waals surface area contributed by atoms with Crippen molar-refractivity contribution in [1.29, 1.82) is 0 Å². The SMILES string of the molecule is Cc1ccccc1-c1cc(CO)cnc1C. The van der Waals surface area contributed by atoms with Crippen molar-refractivity contribution in [3.8, 4) is 11.1 Å². The molecule has 0 radical (unpaired) electrons. The van der Waals surface area contributed by atoms with Crippen LogP contribution in [0.5, 0.6) is 0 Å². The van der Waals surface area contributed by atoms with Crippen LogP contribution in [0.25, 0.3) is 11.1 Å². The Morgan fingerprint density at radius 2 is 1.88 bits per heavy atom. The van der Waals surface area contributed by atoms with E-state index in [1.807, 2.05) is 25.1 Å². The van der Waals surface area contributed by atoms with Gasteiger partial charge in [0, 0.05) is 17.5 Å². The molecule has 2 rings (SSSR count). The standard InChI is InChI=1S/C14H15NO/c1-10-5-3-4-6-13(10)14-7-12(9-16)8-15-11(14)2/h3-8,16H,9H2,1-2H3. The van der Waals surface area contributed by atoms with Gasteiger partial charge in [0.15, 0.2) is 0 Å². The molecule has 2 aromatic rings. The Hall–Kier alpha value is -1.67. The van der Waals surface area contributed by atoms with Gasteiger partial charge in [-0.25, -0.2) is 0 Å². The fraction of sp³-hybridized carbons (Fsp3) is 0.214. The summed E-state index contributed by atoms with van der Waals surface area (Å²) in [6, 6.07) is 10.2. The normalized spacial score (nSPS) is 10.4. The second-order valence-electron chi connectivity index (χ2n) is 3.95. The molecule has 1 N–H and O–H groups in total. The minimum absolute atomic E-state index is 0.0339. The number of pyridine rings is 1. The van der Waals surface area contributed by atoms with E-state index in [4.69, 9.17) is 5.11 Å². The van der Waals surface area contributed by atoms with Gasteiger partial charge < -0.3 is 5.11 Å². The molecule has 0 amide bonds. The molecule has 2 heteroatoms. The molecule has 0 aliphatic carbocycles. The number of aromatic nitrogens is 1. The van der Waals surface area contributed by atoms with Gasteiger partial charge in [0.05, 0.1) is 6.61 Å². The molecule has 2 nitrogen and oxygen atoms in total. The van der Waals surface area contributed by atoms with Crippen LogP contribution in [0.3, 0.4) is 0 Å². The van der Waals surface area contributed by atoms with Crippen molar-refractivity contribution in [3.05, 3.63) is 53.3 Å². The quantitative estimate of drug-likeness (QED) is 0.832. The number of aryl methyl sites for hydroxylation is 2. The van der Waals surface area contributed by atoms with Crippen LogP contribution in [0.2, 0.25) is 0 Å². The van der Waals surface area contributed by atoms with E-state index in [0.29, 0.717) is 0 Å². The zero-order chi connectivity index (χ0) is 11.5. The van der Waals surface area contributed by atoms with Crippen molar-refractivity contribution >= 4 is 0 Å². The molecule has 0 unspecified atom stereocenters. The van der Waals surface area contributed by atoms with E-state index in [1.165, 1.54) is 11.1 Å². The van der Waals surface area contributed by atoms with Crippen molar-refractivity contribution in [2.24, 2.45) is 0 Å². The molecule has 0 saturated heterocycles. The van der Waals surface area contributed by atoms with Crippen LogP contribution in [0.4, 0.5) is 0 Å². The molecule has 0 aliphatic rings. The summed E-state index contributed by atoms with van der Waals surface area (Å²) in [5, 5.41) is 9.13. The van der Waals surface area contributed by atoms with Gasteiger partial charge in [-0.1, -0.05) is 24.3 Å². The molecule has 16 heavy (non-hydrogen) atoms. The van der Waals surface area contributed by atoms with Crippen molar-refractivity contribution in [2.45, 2.75) is 20.5 Å². The summed E-state index contributed by atoms with van der Waals surface area (Å²) in [5.74, 6) is 0. The van der Waals surface area contributed by atoms with E-state index in [0.717, 1.165) is 16.8 Å². The first-order valence-corrected chi connectivity index (χ1v) is 5.34. The van der Waals surface area contributed by atoms with Crippen LogP contribution in [-0.2, 0) is 6.61 Å². The van der Waals surface area contributed by atoms with E-state index in [9.17, 15) is 0 Å². The Morgan fingerprint density at radius 1 is 1.12 bits per heavy atom. The molecule has 0 saturated carbocycles. The lowest BCUT2D eigenvalue weighted by molar-refractivity contribution is 0.281. The largest absolute Gasteiger partial charge is 0.392 e. The first kappa shape index (κ1) is 10.8. The maximum Gasteiger partial charge on any atom is 0.0697 e. The molecule has 1 aromatic carbocycles. The molecular weight excluding hydrogens is 198 g/mol. The van der Waals surface area contributed by atoms with Crippen molar-refractivity contribution < 1.29 is 5.11 Å². The Labute approximate surface area is 95.6 Å². The fourth-order valence-electron chi connectivity index (χ4n) is 1.81. The number of aliphatic hydroxyl groups is 1. The van der Waals surface area contributed by atoms with E-state index < -0.39 is 0 Å². The smallest absolute Gasteiger partial charge is 0.0697 e. The number of hydrogen-bond acceptors (Lipinski definition) is 2. The summed E-state index contributed by atoms with van der Waals surface area (Å²) in [4.78, 5) is 4.31. The summed E-state index contributed by atoms with van der Waals surface area (Å²) in [5.41, 5.74) is 5.35. The Morgan fingerprint density at radius 3 is 2.56 bits per heavy atom. The topological polar surface area (TPSA) is 33.1 Å². The third-order valence-electron chi connectivity index (χ3n) is 2.76. The molecule has 1 heterocycles. The second kappa shape index (κ2) is 4.45. The number of nitrogens with zero attached hydrogens (tertiary/aromatic N) is 1. The first-order chi connectivity index (χ1) is 7.72. The summed E-state index contributed by atoms with van der Waals surface area (Å²) >= 11 is 0. The zero-order valence-corrected chi connectivity index (χ0v) is 9.57. The minimum Gasteiger partial charge on any atom is -0.392 e. The Bertz CT molecular complexity index is 506. The molecular formula is C14H15NO. The van der Waals surface area contributed by atoms with Crippen LogP contribution in [0, 0.1) is 13.8 Å². The average Bonchev–Trinajstić information content (AvgIpc) is 2.31. The lowest BCUT2D eigenvalue weighted by atomic mass is 9.98. The monoisotopic (exact) mass is 213 g/mol. The Kier molecular flexibility index (Phi) is 3.02. The van der Waals surface area contributed by atoms with Crippen molar-refractivity contribution in [2.75, 3.05) is 0 Å². The van der Waals surface area contributed by atoms with Crippen LogP contribution in [0.15, 0.2) is 36.5 Å². The van der Waals surface area contributed by atoms with Gasteiger partial charge >= 0.3 is 0 Å². The molecule has 0 atom stereocenters. The summed E-state index contributed by atoms with van der Waals surface area (Å²) in [6.07, 6.45) is 1.72. The van der Waals surface area contributed by atoms with Gasteiger partial charge in [-0.05, 0) is 36.6 Å². The van der Waals surface area contributed by atoms with Crippen molar-refractivity contribution in [3.63, 3.8) is 0 Å². The van der Waals surface area contributed by atoms with Gasteiger partial charge in [0.1, 0.15) is 0 Å². The van der Waals surface area contributed by atoms with Gasteiger partial charge in [-0.2, -0.15) is 0 Å². The van der Waals surface area contributed by atoms with Gasteiger partial charge in [0.25, 0.3) is 0 Å². The third-order valence-corrected chi connectivity index (χ3v) is 2.76. The molecule has 0 aliphatic heterocycles. The molecule has 82 valence electrons. The van der Waals surface area contributed by atoms with Gasteiger partial charge in [0.2, 0.25) is 0 Å². The van der Waals surface area contributed by atoms with Gasteiger partial charge in [-0.15, -0.1) is 0 Å². The predicted octanol–water partition coefficient (Wildman–Crippen LogP) is 2.86. The van der Waals surface area contributed by atoms with Crippen LogP contribution in [-0.4, -0.2) is 10.1 Å². The second-order valence-corrected chi connectivity index (χ2v) is 3.95. The molecule has 1 aromatic heterocycles. The third kappa shape index (κ3) is 1.97. The molecule has 0 spiro atoms. The first-order valence-electron chi connectivity index (χ1n) is 5.34. The predicted molar refractivity (Wildman–Crippen MR) is 65.1 cm³/mol. The lowest BCUT2D eigenvalue weighted by Gasteiger charge is -2.09. The minimum atomic E-state index is 0.0339. The Balaban J connectivity index is 2.59. The highest BCUT2D eigenvalue weighted by Gasteiger charge is 2.06. The van der Waals surface area contributed by atoms with Gasteiger partial charge in [-0.3, -0.25) is 4.98 Å². The van der Waals surface area contributed by atoms with E-state index in [-0.39, 0.29) is 6.61 Å².